The summed E-state index contributed by atoms with van der Waals surface area (Å²) in [6, 6.07) is 0. The summed E-state index contributed by atoms with van der Waals surface area (Å²) >= 11 is 3.21. The fourth-order valence-electron chi connectivity index (χ4n) is 1.65. The van der Waals surface area contributed by atoms with E-state index in [0.29, 0.717) is 10.2 Å². The first-order valence-corrected chi connectivity index (χ1v) is 5.52. The molecule has 1 aromatic heterocycles. The molecule has 0 aliphatic heterocycles. The topological polar surface area (TPSA) is 48.0 Å². The lowest BCUT2D eigenvalue weighted by Gasteiger charge is -2.07. The summed E-state index contributed by atoms with van der Waals surface area (Å²) in [4.78, 5) is 11.3. The van der Waals surface area contributed by atoms with Gasteiger partial charge in [-0.3, -0.25) is 4.79 Å². The molecular formula is C10H13BrN2O. The molecule has 2 N–H and O–H groups in total. The molecule has 2 unspecified atom stereocenters. The maximum absolute atomic E-state index is 11.3. The van der Waals surface area contributed by atoms with Gasteiger partial charge in [-0.15, -0.1) is 0 Å². The Bertz CT molecular complexity index is 387. The minimum atomic E-state index is -0.120. The molecule has 4 heteroatoms. The average Bonchev–Trinajstić information content (AvgIpc) is 2.77. The van der Waals surface area contributed by atoms with Crippen LogP contribution in [0.2, 0.25) is 0 Å². The van der Waals surface area contributed by atoms with E-state index in [9.17, 15) is 4.79 Å². The summed E-state index contributed by atoms with van der Waals surface area (Å²) in [5.41, 5.74) is 5.78. The molecule has 2 rings (SSSR count). The molecule has 1 aromatic rings. The maximum atomic E-state index is 11.3. The quantitative estimate of drug-likeness (QED) is 0.878. The van der Waals surface area contributed by atoms with E-state index in [1.165, 1.54) is 6.42 Å². The van der Waals surface area contributed by atoms with Crippen molar-refractivity contribution < 1.29 is 0 Å². The van der Waals surface area contributed by atoms with Crippen LogP contribution >= 0.6 is 15.9 Å². The molecule has 0 aromatic carbocycles. The van der Waals surface area contributed by atoms with E-state index in [1.54, 1.807) is 6.20 Å². The lowest BCUT2D eigenvalue weighted by atomic mass is 10.3. The molecule has 1 fully saturated rings. The van der Waals surface area contributed by atoms with Gasteiger partial charge in [0.05, 0.1) is 10.2 Å². The number of nitrogen functional groups attached to an aromatic ring is 1. The number of nitrogens with zero attached hydrogens (tertiary/aromatic N) is 1. The molecule has 1 aliphatic carbocycles. The van der Waals surface area contributed by atoms with Crippen molar-refractivity contribution >= 4 is 21.6 Å². The molecule has 3 nitrogen and oxygen atoms in total. The van der Waals surface area contributed by atoms with Crippen LogP contribution in [0.3, 0.4) is 0 Å². The van der Waals surface area contributed by atoms with E-state index in [2.05, 4.69) is 22.9 Å². The van der Waals surface area contributed by atoms with Gasteiger partial charge >= 0.3 is 0 Å². The molecule has 0 radical (unpaired) electrons. The fraction of sp³-hybridized carbons (Fsp3) is 0.500. The predicted molar refractivity (Wildman–Crippen MR) is 60.1 cm³/mol. The van der Waals surface area contributed by atoms with Crippen LogP contribution in [0.1, 0.15) is 13.3 Å². The molecular weight excluding hydrogens is 244 g/mol. The first kappa shape index (κ1) is 9.77. The van der Waals surface area contributed by atoms with Crippen LogP contribution in [0.15, 0.2) is 21.7 Å². The van der Waals surface area contributed by atoms with E-state index in [0.717, 1.165) is 18.4 Å². The monoisotopic (exact) mass is 256 g/mol. The molecule has 76 valence electrons. The van der Waals surface area contributed by atoms with Gasteiger partial charge in [0.25, 0.3) is 0 Å². The van der Waals surface area contributed by atoms with Gasteiger partial charge in [0, 0.05) is 18.9 Å². The van der Waals surface area contributed by atoms with E-state index >= 15 is 0 Å². The molecule has 0 spiro atoms. The number of hydrogen-bond acceptors (Lipinski definition) is 2. The summed E-state index contributed by atoms with van der Waals surface area (Å²) in [6.45, 7) is 3.20. The van der Waals surface area contributed by atoms with Crippen molar-refractivity contribution in [2.75, 3.05) is 5.73 Å². The van der Waals surface area contributed by atoms with E-state index in [4.69, 9.17) is 5.73 Å². The van der Waals surface area contributed by atoms with Gasteiger partial charge in [-0.1, -0.05) is 6.92 Å². The number of aromatic nitrogens is 1. The molecule has 0 bridgehead atoms. The molecule has 1 heterocycles. The zero-order valence-electron chi connectivity index (χ0n) is 8.03. The largest absolute Gasteiger partial charge is 0.394 e. The van der Waals surface area contributed by atoms with Crippen LogP contribution in [-0.4, -0.2) is 4.57 Å². The Kier molecular flexibility index (Phi) is 2.39. The summed E-state index contributed by atoms with van der Waals surface area (Å²) in [5, 5.41) is 0. The number of nitrogens with two attached hydrogens (primary N) is 1. The molecule has 0 amide bonds. The van der Waals surface area contributed by atoms with Crippen molar-refractivity contribution in [2.24, 2.45) is 11.8 Å². The SMILES string of the molecule is CC1CC1Cn1cc(N)c(=O)c(Br)c1. The van der Waals surface area contributed by atoms with Gasteiger partial charge in [0.15, 0.2) is 0 Å². The van der Waals surface area contributed by atoms with E-state index in [-0.39, 0.29) is 5.43 Å². The first-order chi connectivity index (χ1) is 6.58. The number of pyridine rings is 1. The van der Waals surface area contributed by atoms with Gasteiger partial charge in [-0.25, -0.2) is 0 Å². The summed E-state index contributed by atoms with van der Waals surface area (Å²) < 4.78 is 2.54. The summed E-state index contributed by atoms with van der Waals surface area (Å²) in [5.74, 6) is 1.57. The zero-order valence-corrected chi connectivity index (χ0v) is 9.62. The van der Waals surface area contributed by atoms with Crippen LogP contribution in [0, 0.1) is 11.8 Å². The van der Waals surface area contributed by atoms with E-state index < -0.39 is 0 Å². The highest BCUT2D eigenvalue weighted by Gasteiger charge is 2.32. The highest BCUT2D eigenvalue weighted by Crippen LogP contribution is 2.38. The normalized spacial score (nSPS) is 25.0. The first-order valence-electron chi connectivity index (χ1n) is 4.73. The van der Waals surface area contributed by atoms with Crippen LogP contribution in [0.5, 0.6) is 0 Å². The lowest BCUT2D eigenvalue weighted by Crippen LogP contribution is -2.13. The van der Waals surface area contributed by atoms with Gasteiger partial charge in [0.2, 0.25) is 5.43 Å². The molecule has 14 heavy (non-hydrogen) atoms. The predicted octanol–water partition coefficient (Wildman–Crippen LogP) is 1.85. The van der Waals surface area contributed by atoms with Gasteiger partial charge in [0.1, 0.15) is 0 Å². The Morgan fingerprint density at radius 1 is 1.64 bits per heavy atom. The number of rotatable bonds is 2. The van der Waals surface area contributed by atoms with Crippen molar-refractivity contribution in [1.82, 2.24) is 4.57 Å². The van der Waals surface area contributed by atoms with Crippen LogP contribution in [-0.2, 0) is 6.54 Å². The highest BCUT2D eigenvalue weighted by atomic mass is 79.9. The zero-order chi connectivity index (χ0) is 10.3. The Morgan fingerprint density at radius 3 is 2.79 bits per heavy atom. The van der Waals surface area contributed by atoms with Crippen molar-refractivity contribution in [2.45, 2.75) is 19.9 Å². The molecule has 2 atom stereocenters. The molecule has 0 saturated heterocycles. The lowest BCUT2D eigenvalue weighted by molar-refractivity contribution is 0.590. The van der Waals surface area contributed by atoms with Crippen molar-refractivity contribution in [3.63, 3.8) is 0 Å². The Labute approximate surface area is 91.0 Å². The van der Waals surface area contributed by atoms with Crippen molar-refractivity contribution in [3.05, 3.63) is 27.1 Å². The number of anilines is 1. The second kappa shape index (κ2) is 3.42. The Hall–Kier alpha value is -0.770. The van der Waals surface area contributed by atoms with Crippen molar-refractivity contribution in [3.8, 4) is 0 Å². The van der Waals surface area contributed by atoms with Gasteiger partial charge in [-0.05, 0) is 34.2 Å². The smallest absolute Gasteiger partial charge is 0.218 e. The van der Waals surface area contributed by atoms with E-state index in [1.807, 2.05) is 10.8 Å². The van der Waals surface area contributed by atoms with Crippen molar-refractivity contribution in [1.29, 1.82) is 0 Å². The minimum Gasteiger partial charge on any atom is -0.394 e. The standard InChI is InChI=1S/C10H13BrN2O/c1-6-2-7(6)3-13-4-8(11)10(14)9(12)5-13/h4-7H,2-3,12H2,1H3. The number of halogens is 1. The molecule has 1 saturated carbocycles. The highest BCUT2D eigenvalue weighted by molar-refractivity contribution is 9.10. The Morgan fingerprint density at radius 2 is 2.29 bits per heavy atom. The third kappa shape index (κ3) is 1.85. The molecule has 1 aliphatic rings. The Balaban J connectivity index is 2.22. The van der Waals surface area contributed by atoms with Gasteiger partial charge < -0.3 is 10.3 Å². The summed E-state index contributed by atoms with van der Waals surface area (Å²) in [7, 11) is 0. The fourth-order valence-corrected chi connectivity index (χ4v) is 2.14. The maximum Gasteiger partial charge on any atom is 0.218 e. The second-order valence-electron chi connectivity index (χ2n) is 4.06. The van der Waals surface area contributed by atoms with Crippen LogP contribution in [0.25, 0.3) is 0 Å². The van der Waals surface area contributed by atoms with Crippen LogP contribution < -0.4 is 11.2 Å². The third-order valence-corrected chi connectivity index (χ3v) is 3.35. The van der Waals surface area contributed by atoms with Crippen LogP contribution in [0.4, 0.5) is 5.69 Å². The average molecular weight is 257 g/mol. The second-order valence-corrected chi connectivity index (χ2v) is 4.91. The third-order valence-electron chi connectivity index (χ3n) is 2.78. The summed E-state index contributed by atoms with van der Waals surface area (Å²) in [6.07, 6.45) is 4.81. The number of hydrogen-bond donors (Lipinski definition) is 1. The van der Waals surface area contributed by atoms with Gasteiger partial charge in [-0.2, -0.15) is 0 Å². The minimum absolute atomic E-state index is 0.120.